The molecule has 0 fully saturated rings. The van der Waals surface area contributed by atoms with Crippen molar-refractivity contribution in [2.45, 2.75) is 91.0 Å². The molecule has 0 amide bonds. The van der Waals surface area contributed by atoms with E-state index in [-0.39, 0.29) is 12.5 Å². The van der Waals surface area contributed by atoms with Crippen LogP contribution in [0.5, 0.6) is 0 Å². The molecule has 0 saturated carbocycles. The van der Waals surface area contributed by atoms with Crippen LogP contribution in [0, 0.1) is 0 Å². The molecular weight excluding hydrogens is 445 g/mol. The fraction of sp³-hybridized carbons (Fsp3) is 0.778. The smallest absolute Gasteiger partial charge is 0.187 e. The Hall–Kier alpha value is -0.932. The summed E-state index contributed by atoms with van der Waals surface area (Å²) in [5.74, 6) is 0. The van der Waals surface area contributed by atoms with Crippen LogP contribution in [0.2, 0.25) is 78.6 Å². The molecule has 1 aliphatic heterocycles. The Labute approximate surface area is 184 Å². The van der Waals surface area contributed by atoms with Gasteiger partial charge in [0, 0.05) is 0 Å². The summed E-state index contributed by atoms with van der Waals surface area (Å²) in [6.07, 6.45) is -0.718. The first-order valence-corrected chi connectivity index (χ1v) is 24.5. The molecule has 12 heteroatoms. The van der Waals surface area contributed by atoms with Crippen LogP contribution in [-0.2, 0) is 8.85 Å². The maximum Gasteiger partial charge on any atom is 0.187 e. The van der Waals surface area contributed by atoms with Crippen molar-refractivity contribution < 1.29 is 8.85 Å². The minimum Gasteiger partial charge on any atom is -0.392 e. The first-order valence-electron chi connectivity index (χ1n) is 10.7. The molecule has 8 nitrogen and oxygen atoms in total. The molecule has 0 radical (unpaired) electrons. The van der Waals surface area contributed by atoms with Crippen LogP contribution in [0.15, 0.2) is 0 Å². The monoisotopic (exact) mass is 482 g/mol. The van der Waals surface area contributed by atoms with Gasteiger partial charge in [0.15, 0.2) is 29.1 Å². The van der Waals surface area contributed by atoms with Crippen LogP contribution in [0.3, 0.4) is 0 Å². The number of fused-ring (bicyclic) bond motifs is 2. The molecule has 0 bridgehead atoms. The first kappa shape index (κ1) is 23.7. The Balaban J connectivity index is 2.33. The zero-order valence-corrected chi connectivity index (χ0v) is 24.7. The van der Waals surface area contributed by atoms with Crippen molar-refractivity contribution in [1.29, 1.82) is 0 Å². The largest absolute Gasteiger partial charge is 0.392 e. The molecule has 0 spiro atoms. The average molecular weight is 483 g/mol. The van der Waals surface area contributed by atoms with Crippen molar-refractivity contribution in [2.24, 2.45) is 0 Å². The predicted octanol–water partition coefficient (Wildman–Crippen LogP) is 3.07. The van der Waals surface area contributed by atoms with Crippen molar-refractivity contribution in [3.05, 3.63) is 11.4 Å². The summed E-state index contributed by atoms with van der Waals surface area (Å²) < 4.78 is 17.4. The van der Waals surface area contributed by atoms with E-state index in [1.807, 2.05) is 9.36 Å². The molecule has 2 atom stereocenters. The number of hydrogen-bond acceptors (Lipinski definition) is 6. The third kappa shape index (κ3) is 4.62. The van der Waals surface area contributed by atoms with Crippen LogP contribution in [0.25, 0.3) is 0 Å². The zero-order valence-electron chi connectivity index (χ0n) is 20.7. The molecule has 0 N–H and O–H groups in total. The van der Waals surface area contributed by atoms with Crippen molar-refractivity contribution in [3.8, 4) is 0 Å². The first-order chi connectivity index (χ1) is 13.4. The summed E-state index contributed by atoms with van der Waals surface area (Å²) >= 11 is 0. The van der Waals surface area contributed by atoms with E-state index >= 15 is 0 Å². The van der Waals surface area contributed by atoms with E-state index in [0.717, 1.165) is 22.0 Å². The van der Waals surface area contributed by atoms with E-state index in [4.69, 9.17) is 8.85 Å². The van der Waals surface area contributed by atoms with Gasteiger partial charge in [-0.25, -0.2) is 9.36 Å². The summed E-state index contributed by atoms with van der Waals surface area (Å²) in [6.45, 7) is 27.0. The molecule has 3 heterocycles. The fourth-order valence-corrected chi connectivity index (χ4v) is 8.05. The van der Waals surface area contributed by atoms with Crippen LogP contribution < -0.4 is 10.6 Å². The second-order valence-electron chi connectivity index (χ2n) is 12.2. The maximum absolute atomic E-state index is 6.72. The lowest BCUT2D eigenvalue weighted by molar-refractivity contribution is 0.0613. The molecule has 2 unspecified atom stereocenters. The lowest BCUT2D eigenvalue weighted by Gasteiger charge is -2.38. The van der Waals surface area contributed by atoms with Crippen molar-refractivity contribution in [3.63, 3.8) is 0 Å². The Morgan fingerprint density at radius 2 is 0.867 bits per heavy atom. The Morgan fingerprint density at radius 3 is 1.10 bits per heavy atom. The molecule has 168 valence electrons. The van der Waals surface area contributed by atoms with Gasteiger partial charge in [-0.1, -0.05) is 49.7 Å². The maximum atomic E-state index is 6.72. The average Bonchev–Trinajstić information content (AvgIpc) is 3.11. The van der Waals surface area contributed by atoms with Gasteiger partial charge in [-0.3, -0.25) is 0 Å². The van der Waals surface area contributed by atoms with Gasteiger partial charge in [-0.05, 0) is 39.3 Å². The summed E-state index contributed by atoms with van der Waals surface area (Å²) in [7, 11) is -7.36. The second kappa shape index (κ2) is 7.30. The standard InChI is InChI=1S/C18H38N6O2Si4/c1-27(2,3)15-13-17(25-29(7,8)9)24-14(16(20-22-24)28(4,5)6)18(23(13)21-19-15)26-30(10,11)12/h17-18H,1-12H3. The van der Waals surface area contributed by atoms with Crippen molar-refractivity contribution >= 4 is 43.4 Å². The van der Waals surface area contributed by atoms with E-state index in [1.54, 1.807) is 0 Å². The molecule has 2 aromatic rings. The number of aromatic nitrogens is 6. The number of nitrogens with zero attached hydrogens (tertiary/aromatic N) is 6. The second-order valence-corrected chi connectivity index (χ2v) is 31.1. The van der Waals surface area contributed by atoms with Gasteiger partial charge in [0.1, 0.15) is 27.5 Å². The molecule has 30 heavy (non-hydrogen) atoms. The summed E-state index contributed by atoms with van der Waals surface area (Å²) in [5.41, 5.74) is 2.00. The van der Waals surface area contributed by atoms with E-state index in [2.05, 4.69) is 99.2 Å². The third-order valence-electron chi connectivity index (χ3n) is 4.72. The van der Waals surface area contributed by atoms with E-state index in [1.165, 1.54) is 0 Å². The highest BCUT2D eigenvalue weighted by Crippen LogP contribution is 2.36. The number of rotatable bonds is 6. The summed E-state index contributed by atoms with van der Waals surface area (Å²) in [5, 5.41) is 20.8. The summed E-state index contributed by atoms with van der Waals surface area (Å²) in [4.78, 5) is 0. The Morgan fingerprint density at radius 1 is 0.567 bits per heavy atom. The van der Waals surface area contributed by atoms with Crippen molar-refractivity contribution in [2.75, 3.05) is 0 Å². The van der Waals surface area contributed by atoms with E-state index < -0.39 is 32.8 Å². The van der Waals surface area contributed by atoms with E-state index in [0.29, 0.717) is 0 Å². The predicted molar refractivity (Wildman–Crippen MR) is 131 cm³/mol. The van der Waals surface area contributed by atoms with Gasteiger partial charge < -0.3 is 8.85 Å². The fourth-order valence-electron chi connectivity index (χ4n) is 3.59. The highest BCUT2D eigenvalue weighted by molar-refractivity contribution is 6.88. The van der Waals surface area contributed by atoms with Crippen LogP contribution >= 0.6 is 0 Å². The van der Waals surface area contributed by atoms with Gasteiger partial charge >= 0.3 is 0 Å². The molecule has 0 aliphatic carbocycles. The van der Waals surface area contributed by atoms with Gasteiger partial charge in [0.05, 0.1) is 10.6 Å². The minimum absolute atomic E-state index is 0.359. The van der Waals surface area contributed by atoms with Gasteiger partial charge in [-0.15, -0.1) is 10.2 Å². The van der Waals surface area contributed by atoms with E-state index in [9.17, 15) is 0 Å². The van der Waals surface area contributed by atoms with Gasteiger partial charge in [0.2, 0.25) is 0 Å². The molecule has 2 aromatic heterocycles. The summed E-state index contributed by atoms with van der Waals surface area (Å²) in [6, 6.07) is 0. The Bertz CT molecular complexity index is 854. The lowest BCUT2D eigenvalue weighted by Crippen LogP contribution is -2.50. The molecule has 1 aliphatic rings. The lowest BCUT2D eigenvalue weighted by atomic mass is 10.3. The third-order valence-corrected chi connectivity index (χ3v) is 10.1. The molecule has 3 rings (SSSR count). The van der Waals surface area contributed by atoms with Crippen LogP contribution in [0.1, 0.15) is 23.8 Å². The van der Waals surface area contributed by atoms with Crippen LogP contribution in [0.4, 0.5) is 0 Å². The quantitative estimate of drug-likeness (QED) is 0.589. The molecule has 0 aromatic carbocycles. The van der Waals surface area contributed by atoms with Gasteiger partial charge in [-0.2, -0.15) is 0 Å². The zero-order chi connectivity index (χ0) is 22.9. The van der Waals surface area contributed by atoms with Crippen molar-refractivity contribution in [1.82, 2.24) is 30.0 Å². The topological polar surface area (TPSA) is 79.9 Å². The normalized spacial score (nSPS) is 20.3. The Kier molecular flexibility index (Phi) is 5.77. The highest BCUT2D eigenvalue weighted by Gasteiger charge is 2.46. The van der Waals surface area contributed by atoms with Gasteiger partial charge in [0.25, 0.3) is 0 Å². The molecular formula is C18H38N6O2Si4. The highest BCUT2D eigenvalue weighted by atomic mass is 28.4. The minimum atomic E-state index is -1.91. The SMILES string of the molecule is C[Si](C)(C)OC1c2c([Si](C)(C)C)nnn2C(O[Si](C)(C)C)c2c([Si](C)(C)C)nnn21. The molecule has 0 saturated heterocycles. The van der Waals surface area contributed by atoms with Crippen LogP contribution in [-0.4, -0.2) is 62.8 Å². The number of hydrogen-bond donors (Lipinski definition) is 0.